The molecule has 1 unspecified atom stereocenters. The van der Waals surface area contributed by atoms with Crippen molar-refractivity contribution < 1.29 is 14.3 Å². The minimum Gasteiger partial charge on any atom is -0.434 e. The molecule has 0 saturated heterocycles. The summed E-state index contributed by atoms with van der Waals surface area (Å²) in [6.45, 7) is 8.66. The van der Waals surface area contributed by atoms with Gasteiger partial charge in [-0.3, -0.25) is 0 Å². The van der Waals surface area contributed by atoms with E-state index < -0.39 is 6.16 Å². The van der Waals surface area contributed by atoms with Crippen molar-refractivity contribution in [3.63, 3.8) is 0 Å². The normalized spacial score (nSPS) is 12.3. The Hall–Kier alpha value is -1.51. The lowest BCUT2D eigenvalue weighted by atomic mass is 9.99. The maximum absolute atomic E-state index is 11.3. The van der Waals surface area contributed by atoms with Gasteiger partial charge in [0.25, 0.3) is 0 Å². The monoisotopic (exact) mass is 250 g/mol. The maximum atomic E-state index is 11.3. The van der Waals surface area contributed by atoms with E-state index in [1.54, 1.807) is 12.1 Å². The molecule has 0 bridgehead atoms. The zero-order valence-electron chi connectivity index (χ0n) is 11.6. The topological polar surface area (TPSA) is 35.5 Å². The molecule has 100 valence electrons. The quantitative estimate of drug-likeness (QED) is 0.575. The van der Waals surface area contributed by atoms with E-state index in [9.17, 15) is 4.79 Å². The van der Waals surface area contributed by atoms with Crippen molar-refractivity contribution in [2.24, 2.45) is 5.92 Å². The van der Waals surface area contributed by atoms with Crippen molar-refractivity contribution in [3.8, 4) is 5.75 Å². The number of ether oxygens (including phenoxy) is 2. The lowest BCUT2D eigenvalue weighted by molar-refractivity contribution is 0.0885. The molecular weight excluding hydrogens is 228 g/mol. The SMILES string of the molecule is CCC(C)c1ccc(OC(=O)OCC(C)C)cc1. The summed E-state index contributed by atoms with van der Waals surface area (Å²) in [5.41, 5.74) is 1.25. The zero-order valence-corrected chi connectivity index (χ0v) is 11.6. The Morgan fingerprint density at radius 3 is 2.28 bits per heavy atom. The fourth-order valence-corrected chi connectivity index (χ4v) is 1.46. The van der Waals surface area contributed by atoms with Gasteiger partial charge in [0, 0.05) is 0 Å². The maximum Gasteiger partial charge on any atom is 0.513 e. The average Bonchev–Trinajstić information content (AvgIpc) is 2.36. The van der Waals surface area contributed by atoms with Crippen molar-refractivity contribution in [2.75, 3.05) is 6.61 Å². The molecule has 1 atom stereocenters. The second-order valence-corrected chi connectivity index (χ2v) is 4.94. The lowest BCUT2D eigenvalue weighted by Gasteiger charge is -2.10. The van der Waals surface area contributed by atoms with Crippen LogP contribution in [0.25, 0.3) is 0 Å². The molecule has 0 aliphatic carbocycles. The van der Waals surface area contributed by atoms with E-state index >= 15 is 0 Å². The number of benzene rings is 1. The first-order valence-corrected chi connectivity index (χ1v) is 6.47. The third-order valence-corrected chi connectivity index (χ3v) is 2.80. The Kier molecular flexibility index (Phi) is 5.69. The van der Waals surface area contributed by atoms with Gasteiger partial charge in [-0.05, 0) is 36.0 Å². The summed E-state index contributed by atoms with van der Waals surface area (Å²) in [6, 6.07) is 7.58. The molecule has 18 heavy (non-hydrogen) atoms. The van der Waals surface area contributed by atoms with Gasteiger partial charge in [-0.1, -0.05) is 39.8 Å². The first kappa shape index (κ1) is 14.6. The molecule has 0 aliphatic rings. The summed E-state index contributed by atoms with van der Waals surface area (Å²) in [5.74, 6) is 1.35. The molecule has 0 aromatic heterocycles. The summed E-state index contributed by atoms with van der Waals surface area (Å²) < 4.78 is 10.0. The van der Waals surface area contributed by atoms with Crippen molar-refractivity contribution in [1.82, 2.24) is 0 Å². The number of rotatable bonds is 5. The fourth-order valence-electron chi connectivity index (χ4n) is 1.46. The Bertz CT molecular complexity index is 368. The van der Waals surface area contributed by atoms with Crippen LogP contribution in [0.1, 0.15) is 45.6 Å². The van der Waals surface area contributed by atoms with Crippen molar-refractivity contribution in [2.45, 2.75) is 40.0 Å². The molecule has 0 heterocycles. The van der Waals surface area contributed by atoms with Gasteiger partial charge in [0.1, 0.15) is 5.75 Å². The van der Waals surface area contributed by atoms with E-state index in [-0.39, 0.29) is 0 Å². The van der Waals surface area contributed by atoms with Crippen LogP contribution in [0, 0.1) is 5.92 Å². The van der Waals surface area contributed by atoms with Crippen LogP contribution >= 0.6 is 0 Å². The standard InChI is InChI=1S/C15H22O3/c1-5-12(4)13-6-8-14(9-7-13)18-15(16)17-10-11(2)3/h6-9,11-12H,5,10H2,1-4H3. The molecular formula is C15H22O3. The number of carbonyl (C=O) groups is 1. The molecule has 0 saturated carbocycles. The highest BCUT2D eigenvalue weighted by atomic mass is 16.7. The molecule has 0 radical (unpaired) electrons. The second kappa shape index (κ2) is 7.04. The van der Waals surface area contributed by atoms with Crippen molar-refractivity contribution in [3.05, 3.63) is 29.8 Å². The Morgan fingerprint density at radius 1 is 1.17 bits per heavy atom. The fraction of sp³-hybridized carbons (Fsp3) is 0.533. The Balaban J connectivity index is 2.50. The van der Waals surface area contributed by atoms with Crippen LogP contribution in [-0.2, 0) is 4.74 Å². The number of carbonyl (C=O) groups excluding carboxylic acids is 1. The minimum absolute atomic E-state index is 0.310. The third kappa shape index (κ3) is 4.78. The van der Waals surface area contributed by atoms with E-state index in [4.69, 9.17) is 9.47 Å². The molecule has 3 heteroatoms. The summed E-state index contributed by atoms with van der Waals surface area (Å²) in [4.78, 5) is 11.3. The lowest BCUT2D eigenvalue weighted by Crippen LogP contribution is -2.14. The highest BCUT2D eigenvalue weighted by Crippen LogP contribution is 2.21. The number of hydrogen-bond acceptors (Lipinski definition) is 3. The van der Waals surface area contributed by atoms with Crippen LogP contribution in [0.15, 0.2) is 24.3 Å². The van der Waals surface area contributed by atoms with Gasteiger partial charge < -0.3 is 9.47 Å². The van der Waals surface area contributed by atoms with Gasteiger partial charge in [-0.15, -0.1) is 0 Å². The van der Waals surface area contributed by atoms with E-state index in [1.165, 1.54) is 5.56 Å². The molecule has 0 N–H and O–H groups in total. The number of hydrogen-bond donors (Lipinski definition) is 0. The first-order chi connectivity index (χ1) is 8.52. The van der Waals surface area contributed by atoms with Crippen LogP contribution in [0.3, 0.4) is 0 Å². The van der Waals surface area contributed by atoms with Gasteiger partial charge in [0.15, 0.2) is 0 Å². The summed E-state index contributed by atoms with van der Waals surface area (Å²) in [7, 11) is 0. The van der Waals surface area contributed by atoms with Gasteiger partial charge >= 0.3 is 6.16 Å². The van der Waals surface area contributed by atoms with Crippen molar-refractivity contribution >= 4 is 6.16 Å². The second-order valence-electron chi connectivity index (χ2n) is 4.94. The Labute approximate surface area is 109 Å². The summed E-state index contributed by atoms with van der Waals surface area (Å²) in [6.07, 6.45) is 0.455. The molecule has 0 amide bonds. The van der Waals surface area contributed by atoms with E-state index in [1.807, 2.05) is 26.0 Å². The predicted molar refractivity (Wildman–Crippen MR) is 72.0 cm³/mol. The molecule has 1 aromatic carbocycles. The molecule has 3 nitrogen and oxygen atoms in total. The predicted octanol–water partition coefficient (Wildman–Crippen LogP) is 4.37. The Morgan fingerprint density at radius 2 is 1.78 bits per heavy atom. The van der Waals surface area contributed by atoms with Crippen LogP contribution in [0.5, 0.6) is 5.75 Å². The van der Waals surface area contributed by atoms with Crippen molar-refractivity contribution in [1.29, 1.82) is 0 Å². The third-order valence-electron chi connectivity index (χ3n) is 2.80. The van der Waals surface area contributed by atoms with Gasteiger partial charge in [0.05, 0.1) is 6.61 Å². The molecule has 1 rings (SSSR count). The van der Waals surface area contributed by atoms with Gasteiger partial charge in [0.2, 0.25) is 0 Å². The highest BCUT2D eigenvalue weighted by Gasteiger charge is 2.08. The van der Waals surface area contributed by atoms with E-state index in [0.29, 0.717) is 24.2 Å². The summed E-state index contributed by atoms with van der Waals surface area (Å²) >= 11 is 0. The van der Waals surface area contributed by atoms with Crippen LogP contribution in [-0.4, -0.2) is 12.8 Å². The molecule has 0 fully saturated rings. The zero-order chi connectivity index (χ0) is 13.5. The van der Waals surface area contributed by atoms with E-state index in [0.717, 1.165) is 6.42 Å². The first-order valence-electron chi connectivity index (χ1n) is 6.47. The van der Waals surface area contributed by atoms with Crippen LogP contribution < -0.4 is 4.74 Å². The van der Waals surface area contributed by atoms with Crippen LogP contribution in [0.4, 0.5) is 4.79 Å². The van der Waals surface area contributed by atoms with Crippen LogP contribution in [0.2, 0.25) is 0 Å². The van der Waals surface area contributed by atoms with Gasteiger partial charge in [-0.25, -0.2) is 4.79 Å². The van der Waals surface area contributed by atoms with Gasteiger partial charge in [-0.2, -0.15) is 0 Å². The smallest absolute Gasteiger partial charge is 0.434 e. The largest absolute Gasteiger partial charge is 0.513 e. The molecule has 1 aromatic rings. The molecule has 0 aliphatic heterocycles. The summed E-state index contributed by atoms with van der Waals surface area (Å²) in [5, 5.41) is 0. The average molecular weight is 250 g/mol. The van der Waals surface area contributed by atoms with E-state index in [2.05, 4.69) is 13.8 Å². The highest BCUT2D eigenvalue weighted by molar-refractivity contribution is 5.63. The minimum atomic E-state index is -0.639. The molecule has 0 spiro atoms.